The number of fused-ring (bicyclic) bond motifs is 1. The highest BCUT2D eigenvalue weighted by Crippen LogP contribution is 2.25. The number of aliphatic carboxylic acids is 1. The van der Waals surface area contributed by atoms with Gasteiger partial charge >= 0.3 is 5.97 Å². The average molecular weight is 354 g/mol. The normalized spacial score (nSPS) is 12.0. The number of benzene rings is 2. The molecule has 3 aromatic rings. The molecule has 0 aliphatic rings. The third-order valence-corrected chi connectivity index (χ3v) is 3.80. The molecule has 0 saturated heterocycles. The summed E-state index contributed by atoms with van der Waals surface area (Å²) in [4.78, 5) is 23.5. The van der Waals surface area contributed by atoms with Gasteiger partial charge in [0, 0.05) is 6.07 Å². The summed E-state index contributed by atoms with van der Waals surface area (Å²) in [5, 5.41) is 9.22. The molecular weight excluding hydrogens is 336 g/mol. The minimum atomic E-state index is -1.08. The molecule has 1 aromatic heterocycles. The fourth-order valence-corrected chi connectivity index (χ4v) is 2.61. The van der Waals surface area contributed by atoms with E-state index in [0.29, 0.717) is 16.9 Å². The van der Waals surface area contributed by atoms with E-state index in [1.807, 2.05) is 32.0 Å². The highest BCUT2D eigenvalue weighted by molar-refractivity contribution is 5.79. The largest absolute Gasteiger partial charge is 0.479 e. The Morgan fingerprint density at radius 3 is 2.42 bits per heavy atom. The second-order valence-electron chi connectivity index (χ2n) is 6.11. The van der Waals surface area contributed by atoms with Crippen LogP contribution in [0, 0.1) is 13.8 Å². The van der Waals surface area contributed by atoms with Crippen LogP contribution in [-0.2, 0) is 4.79 Å². The zero-order valence-corrected chi connectivity index (χ0v) is 14.6. The van der Waals surface area contributed by atoms with Crippen LogP contribution in [0.25, 0.3) is 11.0 Å². The Labute approximate surface area is 149 Å². The first-order valence-corrected chi connectivity index (χ1v) is 8.04. The fraction of sp³-hybridized carbons (Fsp3) is 0.200. The zero-order valence-electron chi connectivity index (χ0n) is 14.6. The Balaban J connectivity index is 1.93. The maximum Gasteiger partial charge on any atom is 0.344 e. The standard InChI is InChI=1S/C20H18O6/c1-11-6-12(2)8-15(7-11)26-18-10-24-17-9-14(25-13(3)20(22)23)4-5-16(17)19(18)21/h4-10,13H,1-3H3,(H,22,23). The molecule has 1 heterocycles. The van der Waals surface area contributed by atoms with Crippen molar-refractivity contribution < 1.29 is 23.8 Å². The molecule has 134 valence electrons. The molecule has 1 atom stereocenters. The number of rotatable bonds is 5. The van der Waals surface area contributed by atoms with Gasteiger partial charge in [-0.3, -0.25) is 4.79 Å². The lowest BCUT2D eigenvalue weighted by Gasteiger charge is -2.11. The first kappa shape index (κ1) is 17.5. The smallest absolute Gasteiger partial charge is 0.344 e. The van der Waals surface area contributed by atoms with Crippen LogP contribution < -0.4 is 14.9 Å². The summed E-state index contributed by atoms with van der Waals surface area (Å²) in [6, 6.07) is 10.2. The quantitative estimate of drug-likeness (QED) is 0.744. The van der Waals surface area contributed by atoms with Gasteiger partial charge in [-0.2, -0.15) is 0 Å². The van der Waals surface area contributed by atoms with Gasteiger partial charge in [-0.1, -0.05) is 6.07 Å². The topological polar surface area (TPSA) is 86.0 Å². The van der Waals surface area contributed by atoms with E-state index in [4.69, 9.17) is 19.0 Å². The van der Waals surface area contributed by atoms with Gasteiger partial charge in [-0.15, -0.1) is 0 Å². The molecule has 0 aliphatic heterocycles. The van der Waals surface area contributed by atoms with Crippen molar-refractivity contribution in [3.05, 3.63) is 64.0 Å². The number of hydrogen-bond donors (Lipinski definition) is 1. The lowest BCUT2D eigenvalue weighted by Crippen LogP contribution is -2.22. The second-order valence-corrected chi connectivity index (χ2v) is 6.11. The summed E-state index contributed by atoms with van der Waals surface area (Å²) in [5.41, 5.74) is 2.03. The second kappa shape index (κ2) is 6.92. The minimum Gasteiger partial charge on any atom is -0.479 e. The average Bonchev–Trinajstić information content (AvgIpc) is 2.56. The van der Waals surface area contributed by atoms with E-state index in [0.717, 1.165) is 11.1 Å². The summed E-state index contributed by atoms with van der Waals surface area (Å²) >= 11 is 0. The van der Waals surface area contributed by atoms with E-state index >= 15 is 0 Å². The predicted molar refractivity (Wildman–Crippen MR) is 96.2 cm³/mol. The van der Waals surface area contributed by atoms with E-state index in [9.17, 15) is 9.59 Å². The molecule has 0 aliphatic carbocycles. The summed E-state index contributed by atoms with van der Waals surface area (Å²) in [6.07, 6.45) is 0.235. The maximum atomic E-state index is 12.6. The molecule has 2 aromatic carbocycles. The minimum absolute atomic E-state index is 0.0788. The number of carboxylic acid groups (broad SMARTS) is 1. The molecule has 1 N–H and O–H groups in total. The number of hydrogen-bond acceptors (Lipinski definition) is 5. The monoisotopic (exact) mass is 354 g/mol. The molecular formula is C20H18O6. The molecule has 3 rings (SSSR count). The third kappa shape index (κ3) is 3.69. The molecule has 0 spiro atoms. The van der Waals surface area contributed by atoms with E-state index in [2.05, 4.69) is 0 Å². The van der Waals surface area contributed by atoms with E-state index in [1.165, 1.54) is 31.4 Å². The van der Waals surface area contributed by atoms with Gasteiger partial charge in [0.15, 0.2) is 6.10 Å². The predicted octanol–water partition coefficient (Wildman–Crippen LogP) is 4.05. The lowest BCUT2D eigenvalue weighted by atomic mass is 10.1. The van der Waals surface area contributed by atoms with Crippen molar-refractivity contribution in [2.24, 2.45) is 0 Å². The van der Waals surface area contributed by atoms with Gasteiger partial charge in [0.2, 0.25) is 11.2 Å². The number of carbonyl (C=O) groups is 1. The lowest BCUT2D eigenvalue weighted by molar-refractivity contribution is -0.144. The van der Waals surface area contributed by atoms with Crippen LogP contribution in [-0.4, -0.2) is 17.2 Å². The first-order valence-electron chi connectivity index (χ1n) is 8.04. The van der Waals surface area contributed by atoms with E-state index < -0.39 is 12.1 Å². The Hall–Kier alpha value is -3.28. The van der Waals surface area contributed by atoms with Gasteiger partial charge in [-0.25, -0.2) is 4.79 Å². The highest BCUT2D eigenvalue weighted by atomic mass is 16.5. The van der Waals surface area contributed by atoms with Crippen LogP contribution in [0.5, 0.6) is 17.2 Å². The SMILES string of the molecule is Cc1cc(C)cc(Oc2coc3cc(OC(C)C(=O)O)ccc3c2=O)c1. The van der Waals surface area contributed by atoms with Crippen LogP contribution >= 0.6 is 0 Å². The summed E-state index contributed by atoms with van der Waals surface area (Å²) in [6.45, 7) is 5.31. The van der Waals surface area contributed by atoms with Crippen molar-refractivity contribution in [1.29, 1.82) is 0 Å². The summed E-state index contributed by atoms with van der Waals surface area (Å²) < 4.78 is 16.5. The summed E-state index contributed by atoms with van der Waals surface area (Å²) in [5.74, 6) is -0.137. The van der Waals surface area contributed by atoms with Crippen molar-refractivity contribution in [3.63, 3.8) is 0 Å². The Morgan fingerprint density at radius 2 is 1.77 bits per heavy atom. The van der Waals surface area contributed by atoms with Crippen molar-refractivity contribution in [3.8, 4) is 17.2 Å². The van der Waals surface area contributed by atoms with Crippen LogP contribution in [0.3, 0.4) is 0 Å². The first-order chi connectivity index (χ1) is 12.3. The van der Waals surface area contributed by atoms with Crippen LogP contribution in [0.4, 0.5) is 0 Å². The number of carboxylic acids is 1. The molecule has 0 amide bonds. The molecule has 0 saturated carbocycles. The van der Waals surface area contributed by atoms with Crippen LogP contribution in [0.1, 0.15) is 18.1 Å². The molecule has 6 nitrogen and oxygen atoms in total. The Kier molecular flexibility index (Phi) is 4.67. The fourth-order valence-electron chi connectivity index (χ4n) is 2.61. The van der Waals surface area contributed by atoms with Crippen molar-refractivity contribution >= 4 is 16.9 Å². The van der Waals surface area contributed by atoms with Gasteiger partial charge in [0.1, 0.15) is 23.3 Å². The van der Waals surface area contributed by atoms with Gasteiger partial charge in [0.05, 0.1) is 5.39 Å². The molecule has 1 unspecified atom stereocenters. The van der Waals surface area contributed by atoms with Crippen molar-refractivity contribution in [2.75, 3.05) is 0 Å². The van der Waals surface area contributed by atoms with Crippen molar-refractivity contribution in [2.45, 2.75) is 26.9 Å². The third-order valence-electron chi connectivity index (χ3n) is 3.80. The molecule has 26 heavy (non-hydrogen) atoms. The Bertz CT molecular complexity index is 1010. The zero-order chi connectivity index (χ0) is 18.8. The van der Waals surface area contributed by atoms with Crippen LogP contribution in [0.2, 0.25) is 0 Å². The number of ether oxygens (including phenoxy) is 2. The molecule has 6 heteroatoms. The van der Waals surface area contributed by atoms with Gasteiger partial charge < -0.3 is 19.0 Å². The molecule has 0 radical (unpaired) electrons. The highest BCUT2D eigenvalue weighted by Gasteiger charge is 2.15. The van der Waals surface area contributed by atoms with Crippen LogP contribution in [0.15, 0.2) is 51.9 Å². The van der Waals surface area contributed by atoms with Gasteiger partial charge in [0.25, 0.3) is 0 Å². The maximum absolute atomic E-state index is 12.6. The molecule has 0 bridgehead atoms. The summed E-state index contributed by atoms with van der Waals surface area (Å²) in [7, 11) is 0. The molecule has 0 fully saturated rings. The van der Waals surface area contributed by atoms with Crippen molar-refractivity contribution in [1.82, 2.24) is 0 Å². The van der Waals surface area contributed by atoms with Gasteiger partial charge in [-0.05, 0) is 56.2 Å². The van der Waals surface area contributed by atoms with E-state index in [1.54, 1.807) is 0 Å². The Morgan fingerprint density at radius 1 is 1.08 bits per heavy atom. The van der Waals surface area contributed by atoms with E-state index in [-0.39, 0.29) is 16.8 Å². The number of aryl methyl sites for hydroxylation is 2.